The molecule has 3 aliphatic carbocycles. The number of fused-ring (bicyclic) bond motifs is 3. The summed E-state index contributed by atoms with van der Waals surface area (Å²) < 4.78 is 0. The fourth-order valence-corrected chi connectivity index (χ4v) is 5.72. The minimum Gasteiger partial charge on any atom is -0.510 e. The number of ketones is 2. The van der Waals surface area contributed by atoms with E-state index in [1.165, 1.54) is 17.0 Å². The van der Waals surface area contributed by atoms with Crippen molar-refractivity contribution in [1.29, 1.82) is 0 Å². The Morgan fingerprint density at radius 1 is 1.24 bits per heavy atom. The topological polar surface area (TPSA) is 191 Å². The molecule has 0 aliphatic heterocycles. The third-order valence-electron chi connectivity index (χ3n) is 7.25. The summed E-state index contributed by atoms with van der Waals surface area (Å²) in [5.74, 6) is -7.13. The predicted octanol–water partition coefficient (Wildman–Crippen LogP) is 0.948. The van der Waals surface area contributed by atoms with Crippen LogP contribution in [-0.4, -0.2) is 68.5 Å². The molecule has 11 heteroatoms. The number of benzene rings is 1. The first-order chi connectivity index (χ1) is 15.9. The number of nitrogens with two attached hydrogens (primary N) is 1. The van der Waals surface area contributed by atoms with Gasteiger partial charge in [0.1, 0.15) is 28.9 Å². The zero-order valence-corrected chi connectivity index (χ0v) is 18.8. The van der Waals surface area contributed by atoms with Crippen molar-refractivity contribution in [3.8, 4) is 5.75 Å². The Morgan fingerprint density at radius 3 is 2.44 bits per heavy atom. The van der Waals surface area contributed by atoms with Crippen molar-refractivity contribution in [3.63, 3.8) is 0 Å². The maximum atomic E-state index is 13.5. The number of likely N-dealkylation sites (N-methyl/N-ethyl adjacent to an activating group) is 1. The molecule has 1 amide bonds. The van der Waals surface area contributed by atoms with Crippen molar-refractivity contribution >= 4 is 17.5 Å². The fraction of sp³-hybridized carbons (Fsp3) is 0.435. The predicted molar refractivity (Wildman–Crippen MR) is 118 cm³/mol. The monoisotopic (exact) mass is 471 g/mol. The molecule has 180 valence electrons. The quantitative estimate of drug-likeness (QED) is 0.314. The lowest BCUT2D eigenvalue weighted by Crippen LogP contribution is -2.63. The van der Waals surface area contributed by atoms with E-state index in [9.17, 15) is 39.7 Å². The van der Waals surface area contributed by atoms with Gasteiger partial charge in [-0.15, -0.1) is 0 Å². The van der Waals surface area contributed by atoms with E-state index in [4.69, 9.17) is 5.73 Å². The smallest absolute Gasteiger partial charge is 0.255 e. The van der Waals surface area contributed by atoms with Crippen LogP contribution in [0.3, 0.4) is 0 Å². The van der Waals surface area contributed by atoms with E-state index >= 15 is 0 Å². The van der Waals surface area contributed by atoms with E-state index in [-0.39, 0.29) is 29.7 Å². The highest BCUT2D eigenvalue weighted by Crippen LogP contribution is 2.52. The first-order valence-corrected chi connectivity index (χ1v) is 10.7. The van der Waals surface area contributed by atoms with Gasteiger partial charge >= 0.3 is 0 Å². The van der Waals surface area contributed by atoms with Gasteiger partial charge in [0.2, 0.25) is 5.78 Å². The molecule has 34 heavy (non-hydrogen) atoms. The molecule has 11 nitrogen and oxygen atoms in total. The van der Waals surface area contributed by atoms with Gasteiger partial charge in [-0.2, -0.15) is 4.91 Å². The summed E-state index contributed by atoms with van der Waals surface area (Å²) in [6.07, 6.45) is 0.0852. The summed E-state index contributed by atoms with van der Waals surface area (Å²) in [5, 5.41) is 46.9. The van der Waals surface area contributed by atoms with Crippen LogP contribution in [-0.2, 0) is 16.0 Å². The highest BCUT2D eigenvalue weighted by molar-refractivity contribution is 6.24. The lowest BCUT2D eigenvalue weighted by atomic mass is 9.58. The number of amides is 1. The Kier molecular flexibility index (Phi) is 5.37. The van der Waals surface area contributed by atoms with Crippen molar-refractivity contribution < 1.29 is 34.8 Å². The Labute approximate surface area is 194 Å². The number of Topliss-reactive ketones (excluding diaryl/α,β-unsaturated/α-hetero) is 2. The first kappa shape index (κ1) is 23.6. The van der Waals surface area contributed by atoms with Gasteiger partial charge in [-0.25, -0.2) is 0 Å². The Bertz CT molecular complexity index is 1220. The molecule has 1 unspecified atom stereocenters. The number of nitroso groups, excluding NO2 is 1. The molecule has 3 aliphatic rings. The number of carbonyl (C=O) groups is 3. The van der Waals surface area contributed by atoms with E-state index in [0.717, 1.165) is 0 Å². The molecule has 4 rings (SSSR count). The highest BCUT2D eigenvalue weighted by atomic mass is 16.3. The van der Waals surface area contributed by atoms with Gasteiger partial charge in [-0.3, -0.25) is 19.3 Å². The van der Waals surface area contributed by atoms with Gasteiger partial charge < -0.3 is 26.2 Å². The minimum absolute atomic E-state index is 0.0241. The summed E-state index contributed by atoms with van der Waals surface area (Å²) >= 11 is 0. The number of aliphatic hydroxyl groups excluding tert-OH is 2. The average Bonchev–Trinajstić information content (AvgIpc) is 2.75. The minimum atomic E-state index is -2.69. The summed E-state index contributed by atoms with van der Waals surface area (Å²) in [7, 11) is 3.11. The molecule has 0 radical (unpaired) electrons. The lowest BCUT2D eigenvalue weighted by Gasteiger charge is -2.50. The van der Waals surface area contributed by atoms with Gasteiger partial charge in [-0.05, 0) is 57.0 Å². The van der Waals surface area contributed by atoms with Crippen LogP contribution in [0.1, 0.15) is 40.9 Å². The van der Waals surface area contributed by atoms with Crippen LogP contribution in [0.5, 0.6) is 5.75 Å². The van der Waals surface area contributed by atoms with Crippen molar-refractivity contribution in [2.75, 3.05) is 14.1 Å². The number of carbonyl (C=O) groups excluding carboxylic acids is 3. The Balaban J connectivity index is 1.97. The van der Waals surface area contributed by atoms with E-state index in [1.807, 2.05) is 0 Å². The number of phenolic OH excluding ortho intramolecular Hbond substituents is 1. The second kappa shape index (κ2) is 7.74. The molecule has 1 aromatic rings. The molecule has 0 heterocycles. The van der Waals surface area contributed by atoms with Crippen LogP contribution in [0.2, 0.25) is 0 Å². The maximum Gasteiger partial charge on any atom is 0.255 e. The van der Waals surface area contributed by atoms with E-state index in [0.29, 0.717) is 11.1 Å². The number of rotatable bonds is 4. The van der Waals surface area contributed by atoms with Crippen LogP contribution in [0.15, 0.2) is 40.0 Å². The number of allylic oxidation sites excluding steroid dienone is 1. The van der Waals surface area contributed by atoms with E-state index in [1.54, 1.807) is 21.0 Å². The third-order valence-corrected chi connectivity index (χ3v) is 7.25. The second-order valence-electron chi connectivity index (χ2n) is 9.27. The van der Waals surface area contributed by atoms with Crippen molar-refractivity contribution in [2.45, 2.75) is 37.5 Å². The van der Waals surface area contributed by atoms with Crippen molar-refractivity contribution in [1.82, 2.24) is 4.90 Å². The molecule has 6 N–H and O–H groups in total. The van der Waals surface area contributed by atoms with Gasteiger partial charge in [-0.1, -0.05) is 11.2 Å². The summed E-state index contributed by atoms with van der Waals surface area (Å²) in [4.78, 5) is 51.3. The number of aromatic hydroxyl groups is 1. The molecule has 1 aromatic carbocycles. The third kappa shape index (κ3) is 2.93. The normalized spacial score (nSPS) is 29.5. The van der Waals surface area contributed by atoms with Gasteiger partial charge in [0, 0.05) is 11.5 Å². The van der Waals surface area contributed by atoms with Crippen LogP contribution >= 0.6 is 0 Å². The molecule has 0 fully saturated rings. The highest BCUT2D eigenvalue weighted by Gasteiger charge is 2.63. The first-order valence-electron chi connectivity index (χ1n) is 10.7. The molecule has 0 saturated carbocycles. The van der Waals surface area contributed by atoms with Crippen LogP contribution in [0.4, 0.5) is 0 Å². The zero-order chi connectivity index (χ0) is 25.3. The molecule has 5 atom stereocenters. The number of aliphatic hydroxyl groups is 3. The largest absolute Gasteiger partial charge is 0.510 e. The average molecular weight is 471 g/mol. The summed E-state index contributed by atoms with van der Waals surface area (Å²) in [5.41, 5.74) is 2.20. The van der Waals surface area contributed by atoms with E-state index in [2.05, 4.69) is 5.18 Å². The number of primary amides is 1. The fourth-order valence-electron chi connectivity index (χ4n) is 5.72. The zero-order valence-electron chi connectivity index (χ0n) is 18.8. The molecular weight excluding hydrogens is 446 g/mol. The second-order valence-corrected chi connectivity index (χ2v) is 9.27. The number of phenols is 1. The molecule has 0 bridgehead atoms. The van der Waals surface area contributed by atoms with Gasteiger partial charge in [0.05, 0.1) is 11.6 Å². The summed E-state index contributed by atoms with van der Waals surface area (Å²) in [6, 6.07) is 0.871. The standard InChI is InChI=1S/C23H25N3O8/c1-8(25-34)10-4-5-13(27)15-11(10)6-9-7-12-17(26(2)3)19(29)16(22(24)32)21(31)23(12,33)20(30)14(9)18(15)28/h4-5,8-9,12,17,27,29-30,33H,6-7H2,1-3H3,(H2,24,32)/t8?,9-,12-,17-,23-/m0/s1. The van der Waals surface area contributed by atoms with Gasteiger partial charge in [0.25, 0.3) is 5.91 Å². The Morgan fingerprint density at radius 2 is 1.88 bits per heavy atom. The molecule has 0 saturated heterocycles. The molecular formula is C23H25N3O8. The van der Waals surface area contributed by atoms with E-state index < -0.39 is 64.1 Å². The SMILES string of the molecule is CC(N=O)c1ccc(O)c2c1C[C@H]1C[C@H]3[C@H](N(C)C)C(O)=C(C(N)=O)C(=O)[C@@]3(O)C(O)=C1C2=O. The number of nitrogens with zero attached hydrogens (tertiary/aromatic N) is 2. The van der Waals surface area contributed by atoms with Crippen LogP contribution in [0.25, 0.3) is 0 Å². The molecule has 0 spiro atoms. The van der Waals surface area contributed by atoms with Crippen LogP contribution < -0.4 is 5.73 Å². The van der Waals surface area contributed by atoms with Crippen molar-refractivity contribution in [3.05, 3.63) is 56.4 Å². The van der Waals surface area contributed by atoms with Crippen molar-refractivity contribution in [2.24, 2.45) is 22.7 Å². The summed E-state index contributed by atoms with van der Waals surface area (Å²) in [6.45, 7) is 1.54. The number of hydrogen-bond acceptors (Lipinski definition) is 10. The van der Waals surface area contributed by atoms with Crippen LogP contribution in [0, 0.1) is 16.7 Å². The Hall–Kier alpha value is -3.57. The lowest BCUT2D eigenvalue weighted by molar-refractivity contribution is -0.148. The molecule has 0 aromatic heterocycles. The number of hydrogen-bond donors (Lipinski definition) is 5. The van der Waals surface area contributed by atoms with Gasteiger partial charge in [0.15, 0.2) is 11.4 Å². The maximum absolute atomic E-state index is 13.5.